The fourth-order valence-corrected chi connectivity index (χ4v) is 0.897. The van der Waals surface area contributed by atoms with Crippen LogP contribution < -0.4 is 10.6 Å². The molecule has 0 fully saturated rings. The Morgan fingerprint density at radius 2 is 1.83 bits per heavy atom. The van der Waals surface area contributed by atoms with Crippen LogP contribution in [0.1, 0.15) is 20.3 Å². The molecular weight excluding hydrogens is 148 g/mol. The molecule has 72 valence electrons. The highest BCUT2D eigenvalue weighted by Crippen LogP contribution is 1.85. The Morgan fingerprint density at radius 3 is 2.42 bits per heavy atom. The van der Waals surface area contributed by atoms with Gasteiger partial charge in [0.05, 0.1) is 0 Å². The zero-order chi connectivity index (χ0) is 9.23. The second-order valence-corrected chi connectivity index (χ2v) is 3.43. The van der Waals surface area contributed by atoms with Crippen LogP contribution in [0.15, 0.2) is 12.7 Å². The highest BCUT2D eigenvalue weighted by molar-refractivity contribution is 4.67. The third kappa shape index (κ3) is 9.66. The highest BCUT2D eigenvalue weighted by Gasteiger charge is 1.91. The van der Waals surface area contributed by atoms with E-state index in [-0.39, 0.29) is 0 Å². The maximum atomic E-state index is 3.66. The SMILES string of the molecule is C=CCCNCCNCC(C)C. The van der Waals surface area contributed by atoms with Crippen molar-refractivity contribution in [2.24, 2.45) is 5.92 Å². The minimum Gasteiger partial charge on any atom is -0.315 e. The molecule has 0 radical (unpaired) electrons. The minimum absolute atomic E-state index is 0.748. The fourth-order valence-electron chi connectivity index (χ4n) is 0.897. The van der Waals surface area contributed by atoms with Gasteiger partial charge >= 0.3 is 0 Å². The Kier molecular flexibility index (Phi) is 8.51. The van der Waals surface area contributed by atoms with E-state index in [1.54, 1.807) is 0 Å². The third-order valence-electron chi connectivity index (χ3n) is 1.56. The second kappa shape index (κ2) is 8.75. The van der Waals surface area contributed by atoms with Crippen LogP contribution in [0.25, 0.3) is 0 Å². The molecule has 2 heteroatoms. The molecule has 2 N–H and O–H groups in total. The molecule has 0 aliphatic carbocycles. The molecule has 12 heavy (non-hydrogen) atoms. The van der Waals surface area contributed by atoms with E-state index < -0.39 is 0 Å². The van der Waals surface area contributed by atoms with Gasteiger partial charge in [-0.2, -0.15) is 0 Å². The van der Waals surface area contributed by atoms with Crippen molar-refractivity contribution >= 4 is 0 Å². The van der Waals surface area contributed by atoms with Gasteiger partial charge in [0.1, 0.15) is 0 Å². The summed E-state index contributed by atoms with van der Waals surface area (Å²) >= 11 is 0. The largest absolute Gasteiger partial charge is 0.315 e. The zero-order valence-electron chi connectivity index (χ0n) is 8.40. The van der Waals surface area contributed by atoms with Crippen LogP contribution in [0.2, 0.25) is 0 Å². The first-order chi connectivity index (χ1) is 5.77. The van der Waals surface area contributed by atoms with Crippen molar-refractivity contribution in [1.82, 2.24) is 10.6 Å². The van der Waals surface area contributed by atoms with Crippen LogP contribution in [0.3, 0.4) is 0 Å². The van der Waals surface area contributed by atoms with Gasteiger partial charge in [0.2, 0.25) is 0 Å². The highest BCUT2D eigenvalue weighted by atomic mass is 14.9. The summed E-state index contributed by atoms with van der Waals surface area (Å²) in [6.45, 7) is 12.4. The Hall–Kier alpha value is -0.340. The molecule has 0 saturated heterocycles. The van der Waals surface area contributed by atoms with Gasteiger partial charge in [-0.05, 0) is 25.4 Å². The fraction of sp³-hybridized carbons (Fsp3) is 0.800. The molecule has 0 aliphatic heterocycles. The first kappa shape index (κ1) is 11.7. The van der Waals surface area contributed by atoms with Crippen LogP contribution >= 0.6 is 0 Å². The average molecular weight is 170 g/mol. The van der Waals surface area contributed by atoms with Crippen molar-refractivity contribution < 1.29 is 0 Å². The number of hydrogen-bond acceptors (Lipinski definition) is 2. The Bertz CT molecular complexity index is 100. The number of nitrogens with one attached hydrogen (secondary N) is 2. The van der Waals surface area contributed by atoms with E-state index in [1.807, 2.05) is 6.08 Å². The summed E-state index contributed by atoms with van der Waals surface area (Å²) in [4.78, 5) is 0. The summed E-state index contributed by atoms with van der Waals surface area (Å²) in [7, 11) is 0. The van der Waals surface area contributed by atoms with Crippen molar-refractivity contribution in [2.75, 3.05) is 26.2 Å². The van der Waals surface area contributed by atoms with Crippen LogP contribution in [-0.2, 0) is 0 Å². The van der Waals surface area contributed by atoms with E-state index in [0.29, 0.717) is 0 Å². The summed E-state index contributed by atoms with van der Waals surface area (Å²) in [5.74, 6) is 0.748. The van der Waals surface area contributed by atoms with Crippen LogP contribution in [0.4, 0.5) is 0 Å². The van der Waals surface area contributed by atoms with Gasteiger partial charge in [-0.1, -0.05) is 19.9 Å². The molecule has 0 heterocycles. The third-order valence-corrected chi connectivity index (χ3v) is 1.56. The van der Waals surface area contributed by atoms with Crippen molar-refractivity contribution in [3.05, 3.63) is 12.7 Å². The molecule has 0 amide bonds. The molecule has 0 aromatic carbocycles. The summed E-state index contributed by atoms with van der Waals surface area (Å²) in [6, 6.07) is 0. The maximum absolute atomic E-state index is 3.66. The lowest BCUT2D eigenvalue weighted by Gasteiger charge is -2.07. The normalized spacial score (nSPS) is 10.6. The zero-order valence-corrected chi connectivity index (χ0v) is 8.40. The topological polar surface area (TPSA) is 24.1 Å². The van der Waals surface area contributed by atoms with Crippen molar-refractivity contribution in [3.63, 3.8) is 0 Å². The minimum atomic E-state index is 0.748. The Balaban J connectivity index is 2.86. The molecule has 0 unspecified atom stereocenters. The van der Waals surface area contributed by atoms with E-state index in [1.165, 1.54) is 0 Å². The molecule has 0 saturated carbocycles. The van der Waals surface area contributed by atoms with E-state index in [4.69, 9.17) is 0 Å². The number of rotatable bonds is 8. The Labute approximate surface area is 76.4 Å². The van der Waals surface area contributed by atoms with E-state index in [0.717, 1.165) is 38.5 Å². The van der Waals surface area contributed by atoms with Gasteiger partial charge in [0.25, 0.3) is 0 Å². The van der Waals surface area contributed by atoms with E-state index in [9.17, 15) is 0 Å². The van der Waals surface area contributed by atoms with Gasteiger partial charge in [0.15, 0.2) is 0 Å². The monoisotopic (exact) mass is 170 g/mol. The van der Waals surface area contributed by atoms with Crippen LogP contribution in [0, 0.1) is 5.92 Å². The molecule has 0 aliphatic rings. The summed E-state index contributed by atoms with van der Waals surface area (Å²) in [5.41, 5.74) is 0. The van der Waals surface area contributed by atoms with Gasteiger partial charge in [-0.25, -0.2) is 0 Å². The summed E-state index contributed by atoms with van der Waals surface area (Å²) < 4.78 is 0. The molecule has 0 bridgehead atoms. The lowest BCUT2D eigenvalue weighted by molar-refractivity contribution is 0.537. The predicted octanol–water partition coefficient (Wildman–Crippen LogP) is 1.40. The summed E-state index contributed by atoms with van der Waals surface area (Å²) in [6.07, 6.45) is 3.00. The standard InChI is InChI=1S/C10H22N2/c1-4-5-6-11-7-8-12-9-10(2)3/h4,10-12H,1,5-9H2,2-3H3. The lowest BCUT2D eigenvalue weighted by Crippen LogP contribution is -2.29. The molecule has 0 spiro atoms. The molecule has 0 aromatic rings. The molecule has 0 aromatic heterocycles. The van der Waals surface area contributed by atoms with Crippen molar-refractivity contribution in [3.8, 4) is 0 Å². The van der Waals surface area contributed by atoms with Gasteiger partial charge in [0, 0.05) is 13.1 Å². The van der Waals surface area contributed by atoms with Crippen molar-refractivity contribution in [1.29, 1.82) is 0 Å². The Morgan fingerprint density at radius 1 is 1.17 bits per heavy atom. The molecule has 0 atom stereocenters. The second-order valence-electron chi connectivity index (χ2n) is 3.43. The van der Waals surface area contributed by atoms with E-state index in [2.05, 4.69) is 31.1 Å². The quantitative estimate of drug-likeness (QED) is 0.425. The molecule has 2 nitrogen and oxygen atoms in total. The van der Waals surface area contributed by atoms with Crippen LogP contribution in [0.5, 0.6) is 0 Å². The average Bonchev–Trinajstić information content (AvgIpc) is 2.02. The molecule has 0 rings (SSSR count). The van der Waals surface area contributed by atoms with Crippen LogP contribution in [-0.4, -0.2) is 26.2 Å². The van der Waals surface area contributed by atoms with Gasteiger partial charge < -0.3 is 10.6 Å². The van der Waals surface area contributed by atoms with Gasteiger partial charge in [-0.3, -0.25) is 0 Å². The van der Waals surface area contributed by atoms with Crippen molar-refractivity contribution in [2.45, 2.75) is 20.3 Å². The smallest absolute Gasteiger partial charge is 0.00768 e. The molecular formula is C10H22N2. The summed E-state index contributed by atoms with van der Waals surface area (Å²) in [5, 5.41) is 6.70. The first-order valence-corrected chi connectivity index (χ1v) is 4.79. The van der Waals surface area contributed by atoms with Gasteiger partial charge in [-0.15, -0.1) is 6.58 Å². The lowest BCUT2D eigenvalue weighted by atomic mass is 10.2. The number of hydrogen-bond donors (Lipinski definition) is 2. The maximum Gasteiger partial charge on any atom is 0.00768 e. The van der Waals surface area contributed by atoms with E-state index >= 15 is 0 Å². The first-order valence-electron chi connectivity index (χ1n) is 4.79. The predicted molar refractivity (Wildman–Crippen MR) is 55.4 cm³/mol.